The standard InChI is InChI=1S/C22H26N4O4/c1-22(2,3)30-21(29)25-17(13-14-9-5-4-6-10-14)18(27)19(28)26-20-23-15-11-7-8-12-16(15)24-20/h4-12,17-18,27H,13H2,1-3H3,(H,25,29)(H2,23,24,26,28)/t17-,18+/m0/s1. The molecule has 3 aromatic rings. The molecular formula is C22H26N4O4. The maximum absolute atomic E-state index is 12.7. The number of ether oxygens (including phenoxy) is 1. The molecule has 4 N–H and O–H groups in total. The van der Waals surface area contributed by atoms with E-state index >= 15 is 0 Å². The number of H-pyrrole nitrogens is 1. The van der Waals surface area contributed by atoms with Crippen LogP contribution in [0.25, 0.3) is 11.0 Å². The molecule has 0 aliphatic carbocycles. The molecule has 3 rings (SSSR count). The zero-order valence-electron chi connectivity index (χ0n) is 17.2. The van der Waals surface area contributed by atoms with E-state index in [0.29, 0.717) is 5.52 Å². The number of benzene rings is 2. The van der Waals surface area contributed by atoms with E-state index in [2.05, 4.69) is 20.6 Å². The van der Waals surface area contributed by atoms with E-state index in [9.17, 15) is 14.7 Å². The minimum absolute atomic E-state index is 0.218. The van der Waals surface area contributed by atoms with Crippen molar-refractivity contribution in [1.82, 2.24) is 15.3 Å². The molecule has 0 radical (unpaired) electrons. The van der Waals surface area contributed by atoms with Crippen LogP contribution in [0.15, 0.2) is 54.6 Å². The summed E-state index contributed by atoms with van der Waals surface area (Å²) in [6.45, 7) is 5.22. The number of amides is 2. The van der Waals surface area contributed by atoms with Gasteiger partial charge in [-0.2, -0.15) is 0 Å². The fourth-order valence-electron chi connectivity index (χ4n) is 2.95. The summed E-state index contributed by atoms with van der Waals surface area (Å²) in [5.41, 5.74) is 1.60. The second-order valence-corrected chi connectivity index (χ2v) is 7.98. The molecule has 0 saturated heterocycles. The number of rotatable bonds is 6. The van der Waals surface area contributed by atoms with E-state index in [0.717, 1.165) is 11.1 Å². The van der Waals surface area contributed by atoms with Crippen molar-refractivity contribution >= 4 is 29.0 Å². The number of nitrogens with one attached hydrogen (secondary N) is 3. The van der Waals surface area contributed by atoms with Crippen LogP contribution in [0, 0.1) is 0 Å². The summed E-state index contributed by atoms with van der Waals surface area (Å²) < 4.78 is 5.28. The third kappa shape index (κ3) is 5.81. The third-order valence-electron chi connectivity index (χ3n) is 4.28. The van der Waals surface area contributed by atoms with Gasteiger partial charge in [0.2, 0.25) is 5.95 Å². The first-order valence-electron chi connectivity index (χ1n) is 9.68. The Labute approximate surface area is 174 Å². The SMILES string of the molecule is CC(C)(C)OC(=O)N[C@@H](Cc1ccccc1)[C@@H](O)C(=O)Nc1nc2ccccc2[nH]1. The fraction of sp³-hybridized carbons (Fsp3) is 0.318. The average molecular weight is 410 g/mol. The predicted molar refractivity (Wildman–Crippen MR) is 114 cm³/mol. The van der Waals surface area contributed by atoms with E-state index in [-0.39, 0.29) is 12.4 Å². The normalized spacial score (nSPS) is 13.5. The molecule has 0 bridgehead atoms. The van der Waals surface area contributed by atoms with Crippen LogP contribution in [0.4, 0.5) is 10.7 Å². The van der Waals surface area contributed by atoms with Crippen LogP contribution in [0.2, 0.25) is 0 Å². The van der Waals surface area contributed by atoms with Crippen LogP contribution < -0.4 is 10.6 Å². The van der Waals surface area contributed by atoms with Gasteiger partial charge in [0.25, 0.3) is 5.91 Å². The Balaban J connectivity index is 1.74. The lowest BCUT2D eigenvalue weighted by atomic mass is 10.0. The smallest absolute Gasteiger partial charge is 0.407 e. The number of nitrogens with zero attached hydrogens (tertiary/aromatic N) is 1. The molecule has 2 amide bonds. The molecule has 158 valence electrons. The Hall–Kier alpha value is -3.39. The van der Waals surface area contributed by atoms with Crippen molar-refractivity contribution in [1.29, 1.82) is 0 Å². The highest BCUT2D eigenvalue weighted by atomic mass is 16.6. The molecule has 0 spiro atoms. The van der Waals surface area contributed by atoms with Gasteiger partial charge in [0.15, 0.2) is 6.10 Å². The van der Waals surface area contributed by atoms with Crippen LogP contribution in [-0.2, 0) is 16.0 Å². The minimum Gasteiger partial charge on any atom is -0.444 e. The number of alkyl carbamates (subject to hydrolysis) is 1. The number of para-hydroxylation sites is 2. The summed E-state index contributed by atoms with van der Waals surface area (Å²) in [7, 11) is 0. The number of fused-ring (bicyclic) bond motifs is 1. The molecule has 1 aromatic heterocycles. The van der Waals surface area contributed by atoms with Crippen molar-refractivity contribution in [3.8, 4) is 0 Å². The number of aliphatic hydroxyl groups is 1. The van der Waals surface area contributed by atoms with E-state index in [1.54, 1.807) is 26.8 Å². The average Bonchev–Trinajstić information content (AvgIpc) is 3.08. The highest BCUT2D eigenvalue weighted by Crippen LogP contribution is 2.15. The summed E-state index contributed by atoms with van der Waals surface area (Å²) in [4.78, 5) is 32.2. The number of aliphatic hydroxyl groups excluding tert-OH is 1. The van der Waals surface area contributed by atoms with E-state index in [1.807, 2.05) is 48.5 Å². The molecule has 0 unspecified atom stereocenters. The highest BCUT2D eigenvalue weighted by Gasteiger charge is 2.30. The molecule has 2 atom stereocenters. The largest absolute Gasteiger partial charge is 0.444 e. The van der Waals surface area contributed by atoms with Crippen molar-refractivity contribution in [3.63, 3.8) is 0 Å². The van der Waals surface area contributed by atoms with E-state index in [1.165, 1.54) is 0 Å². The summed E-state index contributed by atoms with van der Waals surface area (Å²) >= 11 is 0. The Morgan fingerprint density at radius 2 is 1.77 bits per heavy atom. The molecular weight excluding hydrogens is 384 g/mol. The molecule has 1 heterocycles. The lowest BCUT2D eigenvalue weighted by Crippen LogP contribution is -2.51. The van der Waals surface area contributed by atoms with E-state index in [4.69, 9.17) is 4.74 Å². The summed E-state index contributed by atoms with van der Waals surface area (Å²) in [6, 6.07) is 15.7. The zero-order chi connectivity index (χ0) is 21.7. The number of imidazole rings is 1. The van der Waals surface area contributed by atoms with Crippen LogP contribution in [0.1, 0.15) is 26.3 Å². The quantitative estimate of drug-likeness (QED) is 0.498. The Morgan fingerprint density at radius 3 is 2.43 bits per heavy atom. The van der Waals surface area contributed by atoms with Crippen LogP contribution in [0.5, 0.6) is 0 Å². The maximum Gasteiger partial charge on any atom is 0.407 e. The first-order chi connectivity index (χ1) is 14.2. The first kappa shape index (κ1) is 21.3. The minimum atomic E-state index is -1.52. The monoisotopic (exact) mass is 410 g/mol. The molecule has 30 heavy (non-hydrogen) atoms. The molecule has 8 heteroatoms. The van der Waals surface area contributed by atoms with Crippen molar-refractivity contribution in [2.45, 2.75) is 44.9 Å². The first-order valence-corrected chi connectivity index (χ1v) is 9.68. The maximum atomic E-state index is 12.7. The number of carbonyl (C=O) groups is 2. The zero-order valence-corrected chi connectivity index (χ0v) is 17.2. The second kappa shape index (κ2) is 8.96. The second-order valence-electron chi connectivity index (χ2n) is 7.98. The van der Waals surface area contributed by atoms with Gasteiger partial charge in [-0.15, -0.1) is 0 Å². The van der Waals surface area contributed by atoms with Gasteiger partial charge >= 0.3 is 6.09 Å². The molecule has 0 aliphatic heterocycles. The van der Waals surface area contributed by atoms with Gasteiger partial charge in [-0.05, 0) is 44.9 Å². The Morgan fingerprint density at radius 1 is 1.10 bits per heavy atom. The van der Waals surface area contributed by atoms with Crippen molar-refractivity contribution < 1.29 is 19.4 Å². The van der Waals surface area contributed by atoms with Crippen molar-refractivity contribution in [2.75, 3.05) is 5.32 Å². The van der Waals surface area contributed by atoms with Crippen molar-refractivity contribution in [3.05, 3.63) is 60.2 Å². The van der Waals surface area contributed by atoms with Gasteiger partial charge in [-0.3, -0.25) is 10.1 Å². The van der Waals surface area contributed by atoms with Gasteiger partial charge in [0, 0.05) is 0 Å². The van der Waals surface area contributed by atoms with Gasteiger partial charge in [0.1, 0.15) is 5.60 Å². The molecule has 2 aromatic carbocycles. The fourth-order valence-corrected chi connectivity index (χ4v) is 2.95. The van der Waals surface area contributed by atoms with Gasteiger partial charge in [-0.25, -0.2) is 9.78 Å². The summed E-state index contributed by atoms with van der Waals surface area (Å²) in [5, 5.41) is 15.9. The number of anilines is 1. The predicted octanol–water partition coefficient (Wildman–Crippen LogP) is 3.00. The Kier molecular flexibility index (Phi) is 6.37. The topological polar surface area (TPSA) is 116 Å². The van der Waals surface area contributed by atoms with E-state index < -0.39 is 29.7 Å². The van der Waals surface area contributed by atoms with Crippen LogP contribution in [0.3, 0.4) is 0 Å². The third-order valence-corrected chi connectivity index (χ3v) is 4.28. The summed E-state index contributed by atoms with van der Waals surface area (Å²) in [6.07, 6.45) is -1.99. The number of aromatic amines is 1. The van der Waals surface area contributed by atoms with Crippen LogP contribution >= 0.6 is 0 Å². The molecule has 0 saturated carbocycles. The Bertz CT molecular complexity index is 978. The number of aromatic nitrogens is 2. The van der Waals surface area contributed by atoms with Crippen molar-refractivity contribution in [2.24, 2.45) is 0 Å². The highest BCUT2D eigenvalue weighted by molar-refractivity contribution is 5.94. The lowest BCUT2D eigenvalue weighted by molar-refractivity contribution is -0.125. The van der Waals surface area contributed by atoms with Crippen LogP contribution in [-0.4, -0.2) is 44.8 Å². The van der Waals surface area contributed by atoms with Gasteiger partial charge < -0.3 is 20.1 Å². The number of hydrogen-bond acceptors (Lipinski definition) is 5. The molecule has 0 fully saturated rings. The number of hydrogen-bond donors (Lipinski definition) is 4. The van der Waals surface area contributed by atoms with Gasteiger partial charge in [-0.1, -0.05) is 42.5 Å². The van der Waals surface area contributed by atoms with Gasteiger partial charge in [0.05, 0.1) is 17.1 Å². The number of carbonyl (C=O) groups excluding carboxylic acids is 2. The molecule has 8 nitrogen and oxygen atoms in total. The lowest BCUT2D eigenvalue weighted by Gasteiger charge is -2.26. The molecule has 0 aliphatic rings. The summed E-state index contributed by atoms with van der Waals surface area (Å²) in [5.74, 6) is -0.470.